The zero-order valence-electron chi connectivity index (χ0n) is 35.8. The van der Waals surface area contributed by atoms with E-state index in [1.807, 2.05) is 0 Å². The van der Waals surface area contributed by atoms with E-state index in [9.17, 15) is 0 Å². The summed E-state index contributed by atoms with van der Waals surface area (Å²) in [5.74, 6) is 0.0622. The molecule has 302 valence electrons. The third kappa shape index (κ3) is 4.31. The van der Waals surface area contributed by atoms with Gasteiger partial charge < -0.3 is 4.57 Å². The van der Waals surface area contributed by atoms with Crippen LogP contribution in [0.25, 0.3) is 137 Å². The van der Waals surface area contributed by atoms with Gasteiger partial charge in [0.05, 0.1) is 16.7 Å². The SMILES string of the molecule is c1ccc2c(c1)-c1cccc3c1c-2c(C1c2ccccc2-c2ccc(-c4ccc5c(c4)c4ccccc4n5-c4c5c6c(cccc6c6ccccc46)-c4ccccc4-5)cc21)c1ccccc13. The number of hydrogen-bond acceptors (Lipinski definition) is 0. The second-order valence-corrected chi connectivity index (χ2v) is 18.6. The van der Waals surface area contributed by atoms with E-state index in [-0.39, 0.29) is 5.92 Å². The van der Waals surface area contributed by atoms with Crippen molar-refractivity contribution in [3.05, 3.63) is 235 Å². The molecule has 1 aromatic heterocycles. The molecule has 1 unspecified atom stereocenters. The van der Waals surface area contributed by atoms with Crippen molar-refractivity contribution in [2.45, 2.75) is 5.92 Å². The lowest BCUT2D eigenvalue weighted by molar-refractivity contribution is 1.03. The fourth-order valence-corrected chi connectivity index (χ4v) is 13.0. The first-order valence-corrected chi connectivity index (χ1v) is 23.2. The highest BCUT2D eigenvalue weighted by molar-refractivity contribution is 6.29. The molecular weight excluding hydrogens is 795 g/mol. The van der Waals surface area contributed by atoms with Gasteiger partial charge in [0, 0.05) is 33.0 Å². The normalized spacial score (nSPS) is 13.9. The lowest BCUT2D eigenvalue weighted by Crippen LogP contribution is -2.03. The highest BCUT2D eigenvalue weighted by atomic mass is 15.0. The van der Waals surface area contributed by atoms with E-state index < -0.39 is 0 Å². The molecule has 1 heterocycles. The van der Waals surface area contributed by atoms with Crippen LogP contribution in [-0.4, -0.2) is 4.57 Å². The maximum atomic E-state index is 2.57. The Kier molecular flexibility index (Phi) is 6.66. The molecule has 0 spiro atoms. The first-order chi connectivity index (χ1) is 32.8. The molecule has 1 atom stereocenters. The van der Waals surface area contributed by atoms with Crippen LogP contribution < -0.4 is 0 Å². The van der Waals surface area contributed by atoms with Gasteiger partial charge >= 0.3 is 0 Å². The molecule has 3 aliphatic rings. The molecular formula is C65H37N. The molecule has 0 fully saturated rings. The first kappa shape index (κ1) is 34.9. The van der Waals surface area contributed by atoms with Crippen molar-refractivity contribution in [2.75, 3.05) is 0 Å². The molecule has 0 radical (unpaired) electrons. The van der Waals surface area contributed by atoms with Crippen LogP contribution >= 0.6 is 0 Å². The fraction of sp³-hybridized carbons (Fsp3) is 0.0154. The summed E-state index contributed by atoms with van der Waals surface area (Å²) in [5.41, 5.74) is 23.6. The quantitative estimate of drug-likeness (QED) is 0.156. The van der Waals surface area contributed by atoms with Gasteiger partial charge in [0.1, 0.15) is 0 Å². The van der Waals surface area contributed by atoms with E-state index in [1.54, 1.807) is 0 Å². The smallest absolute Gasteiger partial charge is 0.0625 e. The van der Waals surface area contributed by atoms with Crippen LogP contribution in [0.2, 0.25) is 0 Å². The Balaban J connectivity index is 0.945. The average Bonchev–Trinajstić information content (AvgIpc) is 4.11. The molecule has 0 bridgehead atoms. The number of para-hydroxylation sites is 1. The largest absolute Gasteiger partial charge is 0.308 e. The Morgan fingerprint density at radius 2 is 0.758 bits per heavy atom. The molecule has 66 heavy (non-hydrogen) atoms. The van der Waals surface area contributed by atoms with Crippen molar-refractivity contribution >= 4 is 64.9 Å². The number of benzene rings is 12. The minimum absolute atomic E-state index is 0.0622. The lowest BCUT2D eigenvalue weighted by Gasteiger charge is -2.23. The number of rotatable bonds is 3. The topological polar surface area (TPSA) is 4.93 Å². The van der Waals surface area contributed by atoms with Gasteiger partial charge in [-0.25, -0.2) is 0 Å². The Hall–Kier alpha value is -8.52. The third-order valence-corrected chi connectivity index (χ3v) is 15.5. The summed E-state index contributed by atoms with van der Waals surface area (Å²) in [5, 5.41) is 13.1. The Morgan fingerprint density at radius 1 is 0.273 bits per heavy atom. The summed E-state index contributed by atoms with van der Waals surface area (Å²) in [4.78, 5) is 0. The van der Waals surface area contributed by atoms with Crippen LogP contribution in [0.3, 0.4) is 0 Å². The summed E-state index contributed by atoms with van der Waals surface area (Å²) >= 11 is 0. The third-order valence-electron chi connectivity index (χ3n) is 15.5. The summed E-state index contributed by atoms with van der Waals surface area (Å²) < 4.78 is 2.57. The van der Waals surface area contributed by atoms with Crippen LogP contribution in [0.4, 0.5) is 0 Å². The Morgan fingerprint density at radius 3 is 1.50 bits per heavy atom. The lowest BCUT2D eigenvalue weighted by atomic mass is 9.80. The van der Waals surface area contributed by atoms with Crippen molar-refractivity contribution in [3.63, 3.8) is 0 Å². The van der Waals surface area contributed by atoms with E-state index in [0.29, 0.717) is 0 Å². The summed E-state index contributed by atoms with van der Waals surface area (Å²) in [6.45, 7) is 0. The highest BCUT2D eigenvalue weighted by Gasteiger charge is 2.37. The predicted octanol–water partition coefficient (Wildman–Crippen LogP) is 17.5. The van der Waals surface area contributed by atoms with Crippen molar-refractivity contribution in [3.8, 4) is 72.4 Å². The molecule has 1 heteroatoms. The first-order valence-electron chi connectivity index (χ1n) is 23.2. The van der Waals surface area contributed by atoms with Gasteiger partial charge in [-0.3, -0.25) is 0 Å². The molecule has 13 aromatic rings. The van der Waals surface area contributed by atoms with Crippen molar-refractivity contribution < 1.29 is 0 Å². The zero-order valence-corrected chi connectivity index (χ0v) is 35.8. The van der Waals surface area contributed by atoms with E-state index in [0.717, 1.165) is 0 Å². The van der Waals surface area contributed by atoms with Crippen molar-refractivity contribution in [1.29, 1.82) is 0 Å². The highest BCUT2D eigenvalue weighted by Crippen LogP contribution is 2.59. The molecule has 0 amide bonds. The standard InChI is InChI=1S/C65H37N/c1-6-21-46-39(15-1)44-33-31-37(36-56(44)61(46)63-52-23-8-3-17-41(52)48-27-13-26-47-40-16-2-7-22-51(40)62(63)59(47)48)38-32-34-58-55(35-38)45-20-11-12-30-57(45)66(58)65-54-25-10-5-19-43(54)50-29-14-28-49-42-18-4-9-24-53(42)64(65)60(49)50/h1-36,61H. The van der Waals surface area contributed by atoms with Gasteiger partial charge in [0.15, 0.2) is 0 Å². The molecule has 0 aliphatic heterocycles. The van der Waals surface area contributed by atoms with Gasteiger partial charge in [-0.05, 0) is 134 Å². The number of fused-ring (bicyclic) bond motifs is 16. The minimum Gasteiger partial charge on any atom is -0.308 e. The van der Waals surface area contributed by atoms with Crippen LogP contribution in [0.1, 0.15) is 22.6 Å². The van der Waals surface area contributed by atoms with Crippen LogP contribution in [0.15, 0.2) is 218 Å². The maximum absolute atomic E-state index is 2.57. The van der Waals surface area contributed by atoms with E-state index >= 15 is 0 Å². The van der Waals surface area contributed by atoms with Gasteiger partial charge in [-0.1, -0.05) is 194 Å². The summed E-state index contributed by atoms with van der Waals surface area (Å²) in [6, 6.07) is 82.6. The van der Waals surface area contributed by atoms with Crippen LogP contribution in [-0.2, 0) is 0 Å². The van der Waals surface area contributed by atoms with Crippen molar-refractivity contribution in [1.82, 2.24) is 4.57 Å². The summed E-state index contributed by atoms with van der Waals surface area (Å²) in [7, 11) is 0. The van der Waals surface area contributed by atoms with E-state index in [2.05, 4.69) is 223 Å². The van der Waals surface area contributed by atoms with Gasteiger partial charge in [0.25, 0.3) is 0 Å². The molecule has 12 aromatic carbocycles. The number of hydrogen-bond donors (Lipinski definition) is 0. The zero-order chi connectivity index (χ0) is 42.8. The van der Waals surface area contributed by atoms with Crippen LogP contribution in [0.5, 0.6) is 0 Å². The molecule has 1 nitrogen and oxygen atoms in total. The monoisotopic (exact) mass is 831 g/mol. The van der Waals surface area contributed by atoms with E-state index in [1.165, 1.54) is 154 Å². The second-order valence-electron chi connectivity index (χ2n) is 18.6. The molecule has 3 aliphatic carbocycles. The molecule has 0 saturated carbocycles. The number of aromatic nitrogens is 1. The van der Waals surface area contributed by atoms with E-state index in [4.69, 9.17) is 0 Å². The van der Waals surface area contributed by atoms with Gasteiger partial charge in [-0.2, -0.15) is 0 Å². The molecule has 0 N–H and O–H groups in total. The average molecular weight is 832 g/mol. The number of nitrogens with zero attached hydrogens (tertiary/aromatic N) is 1. The predicted molar refractivity (Wildman–Crippen MR) is 278 cm³/mol. The Labute approximate surface area is 381 Å². The molecule has 16 rings (SSSR count). The van der Waals surface area contributed by atoms with Gasteiger partial charge in [-0.15, -0.1) is 0 Å². The summed E-state index contributed by atoms with van der Waals surface area (Å²) in [6.07, 6.45) is 0. The maximum Gasteiger partial charge on any atom is 0.0625 e. The Bertz CT molecular complexity index is 4350. The van der Waals surface area contributed by atoms with Gasteiger partial charge in [0.2, 0.25) is 0 Å². The molecule has 0 saturated heterocycles. The minimum atomic E-state index is 0.0622. The second kappa shape index (κ2) is 12.6. The fourth-order valence-electron chi connectivity index (χ4n) is 13.0. The van der Waals surface area contributed by atoms with Crippen molar-refractivity contribution in [2.24, 2.45) is 0 Å². The van der Waals surface area contributed by atoms with Crippen LogP contribution in [0, 0.1) is 0 Å².